The molecule has 1 unspecified atom stereocenters. The molecular formula is C26H33N3O3. The molecule has 1 amide bonds. The average molecular weight is 436 g/mol. The van der Waals surface area contributed by atoms with Crippen LogP contribution in [0.4, 0.5) is 11.5 Å². The van der Waals surface area contributed by atoms with Crippen LogP contribution in [0.2, 0.25) is 0 Å². The number of aromatic nitrogens is 1. The first kappa shape index (κ1) is 21.3. The fraction of sp³-hybridized carbons (Fsp3) is 0.538. The predicted molar refractivity (Wildman–Crippen MR) is 125 cm³/mol. The van der Waals surface area contributed by atoms with Gasteiger partial charge in [-0.05, 0) is 56.0 Å². The molecule has 3 aliphatic rings. The molecule has 1 N–H and O–H groups in total. The molecule has 3 atom stereocenters. The van der Waals surface area contributed by atoms with Gasteiger partial charge >= 0.3 is 0 Å². The van der Waals surface area contributed by atoms with Crippen LogP contribution in [0.3, 0.4) is 0 Å². The van der Waals surface area contributed by atoms with Crippen molar-refractivity contribution < 1.29 is 14.3 Å². The van der Waals surface area contributed by atoms with Gasteiger partial charge in [-0.2, -0.15) is 0 Å². The molecule has 32 heavy (non-hydrogen) atoms. The van der Waals surface area contributed by atoms with Gasteiger partial charge in [-0.1, -0.05) is 13.0 Å². The van der Waals surface area contributed by atoms with E-state index in [0.29, 0.717) is 5.92 Å². The second kappa shape index (κ2) is 8.74. The number of amides is 1. The number of rotatable bonds is 5. The standard InChI is InChI=1S/C26H33N3O3/c1-16-5-4-6-24(27-16)28-25-17(2)26(19-7-8-19)29(18(3)30)23-10-9-21(15-22(23)25)32-20-11-13-31-14-12-20/h4-6,9-10,15,17,19-20,25-26H,7-8,11-14H2,1-3H3,(H,27,28)/t17-,25-,26?/m1/s1. The zero-order chi connectivity index (χ0) is 22.2. The molecule has 0 bridgehead atoms. The van der Waals surface area contributed by atoms with Crippen LogP contribution in [-0.4, -0.2) is 36.3 Å². The van der Waals surface area contributed by atoms with Gasteiger partial charge < -0.3 is 19.7 Å². The van der Waals surface area contributed by atoms with Crippen molar-refractivity contribution >= 4 is 17.4 Å². The third-order valence-electron chi connectivity index (χ3n) is 7.06. The number of hydrogen-bond acceptors (Lipinski definition) is 5. The second-order valence-electron chi connectivity index (χ2n) is 9.51. The van der Waals surface area contributed by atoms with E-state index < -0.39 is 0 Å². The molecule has 1 aromatic heterocycles. The number of fused-ring (bicyclic) bond motifs is 1. The van der Waals surface area contributed by atoms with Crippen LogP contribution in [0.15, 0.2) is 36.4 Å². The van der Waals surface area contributed by atoms with Crippen LogP contribution >= 0.6 is 0 Å². The molecule has 0 radical (unpaired) electrons. The minimum atomic E-state index is 0.0544. The Morgan fingerprint density at radius 3 is 2.62 bits per heavy atom. The minimum absolute atomic E-state index is 0.0544. The Bertz CT molecular complexity index is 984. The predicted octanol–water partition coefficient (Wildman–Crippen LogP) is 4.88. The molecule has 1 saturated carbocycles. The first-order valence-corrected chi connectivity index (χ1v) is 11.9. The van der Waals surface area contributed by atoms with E-state index in [4.69, 9.17) is 14.5 Å². The van der Waals surface area contributed by atoms with Crippen molar-refractivity contribution in [2.45, 2.75) is 64.6 Å². The fourth-order valence-corrected chi connectivity index (χ4v) is 5.39. The summed E-state index contributed by atoms with van der Waals surface area (Å²) >= 11 is 0. The van der Waals surface area contributed by atoms with Crippen molar-refractivity contribution in [2.24, 2.45) is 11.8 Å². The molecule has 1 aliphatic carbocycles. The minimum Gasteiger partial charge on any atom is -0.490 e. The van der Waals surface area contributed by atoms with Gasteiger partial charge in [0.15, 0.2) is 0 Å². The summed E-state index contributed by atoms with van der Waals surface area (Å²) in [7, 11) is 0. The summed E-state index contributed by atoms with van der Waals surface area (Å²) in [6, 6.07) is 12.5. The largest absolute Gasteiger partial charge is 0.490 e. The molecule has 6 nitrogen and oxygen atoms in total. The molecule has 5 rings (SSSR count). The maximum absolute atomic E-state index is 12.8. The van der Waals surface area contributed by atoms with E-state index in [-0.39, 0.29) is 30.0 Å². The molecule has 0 spiro atoms. The third kappa shape index (κ3) is 4.20. The summed E-state index contributed by atoms with van der Waals surface area (Å²) in [5.41, 5.74) is 3.09. The highest BCUT2D eigenvalue weighted by Gasteiger charge is 2.47. The van der Waals surface area contributed by atoms with Gasteiger partial charge in [0.2, 0.25) is 5.91 Å². The van der Waals surface area contributed by atoms with Gasteiger partial charge in [0, 0.05) is 48.7 Å². The van der Waals surface area contributed by atoms with Gasteiger partial charge in [0.05, 0.1) is 19.3 Å². The maximum Gasteiger partial charge on any atom is 0.224 e. The maximum atomic E-state index is 12.8. The monoisotopic (exact) mass is 435 g/mol. The Kier molecular flexibility index (Phi) is 5.80. The van der Waals surface area contributed by atoms with Crippen LogP contribution < -0.4 is 15.0 Å². The number of hydrogen-bond donors (Lipinski definition) is 1. The lowest BCUT2D eigenvalue weighted by Crippen LogP contribution is -2.51. The van der Waals surface area contributed by atoms with E-state index in [2.05, 4.69) is 24.4 Å². The normalized spacial score (nSPS) is 25.8. The number of benzene rings is 1. The SMILES string of the molecule is CC(=O)N1c2ccc(OC3CCOCC3)cc2[C@H](Nc2cccc(C)n2)[C@@H](C)C1C1CC1. The van der Waals surface area contributed by atoms with Gasteiger partial charge in [0.25, 0.3) is 0 Å². The van der Waals surface area contributed by atoms with E-state index in [0.717, 1.165) is 54.6 Å². The molecular weight excluding hydrogens is 402 g/mol. The Hall–Kier alpha value is -2.60. The van der Waals surface area contributed by atoms with Crippen LogP contribution in [0.5, 0.6) is 5.75 Å². The Morgan fingerprint density at radius 2 is 1.94 bits per heavy atom. The zero-order valence-electron chi connectivity index (χ0n) is 19.2. The number of carbonyl (C=O) groups excluding carboxylic acids is 1. The third-order valence-corrected chi connectivity index (χ3v) is 7.06. The zero-order valence-corrected chi connectivity index (χ0v) is 19.2. The molecule has 3 heterocycles. The number of nitrogens with one attached hydrogen (secondary N) is 1. The number of aryl methyl sites for hydroxylation is 1. The molecule has 2 aromatic rings. The molecule has 1 aromatic carbocycles. The number of pyridine rings is 1. The van der Waals surface area contributed by atoms with Crippen LogP contribution in [0.25, 0.3) is 0 Å². The summed E-state index contributed by atoms with van der Waals surface area (Å²) in [6.07, 6.45) is 4.37. The lowest BCUT2D eigenvalue weighted by Gasteiger charge is -2.46. The van der Waals surface area contributed by atoms with E-state index in [1.807, 2.05) is 36.1 Å². The molecule has 2 aliphatic heterocycles. The van der Waals surface area contributed by atoms with E-state index >= 15 is 0 Å². The number of ether oxygens (including phenoxy) is 2. The van der Waals surface area contributed by atoms with E-state index in [9.17, 15) is 4.79 Å². The topological polar surface area (TPSA) is 63.7 Å². The Morgan fingerprint density at radius 1 is 1.16 bits per heavy atom. The molecule has 2 fully saturated rings. The van der Waals surface area contributed by atoms with Gasteiger partial charge in [0.1, 0.15) is 17.7 Å². The second-order valence-corrected chi connectivity index (χ2v) is 9.51. The summed E-state index contributed by atoms with van der Waals surface area (Å²) in [5.74, 6) is 2.66. The van der Waals surface area contributed by atoms with Gasteiger partial charge in [-0.25, -0.2) is 4.98 Å². The Labute approximate surface area is 190 Å². The molecule has 6 heteroatoms. The first-order chi connectivity index (χ1) is 15.5. The summed E-state index contributed by atoms with van der Waals surface area (Å²) in [4.78, 5) is 19.5. The summed E-state index contributed by atoms with van der Waals surface area (Å²) in [6.45, 7) is 7.46. The van der Waals surface area contributed by atoms with Crippen LogP contribution in [-0.2, 0) is 9.53 Å². The van der Waals surface area contributed by atoms with Crippen molar-refractivity contribution in [1.82, 2.24) is 4.98 Å². The summed E-state index contributed by atoms with van der Waals surface area (Å²) in [5, 5.41) is 3.71. The van der Waals surface area contributed by atoms with Crippen LogP contribution in [0, 0.1) is 18.8 Å². The number of nitrogens with zero attached hydrogens (tertiary/aromatic N) is 2. The van der Waals surface area contributed by atoms with E-state index in [1.165, 1.54) is 12.8 Å². The quantitative estimate of drug-likeness (QED) is 0.725. The smallest absolute Gasteiger partial charge is 0.224 e. The van der Waals surface area contributed by atoms with Crippen molar-refractivity contribution in [1.29, 1.82) is 0 Å². The van der Waals surface area contributed by atoms with Crippen molar-refractivity contribution in [3.8, 4) is 5.75 Å². The number of carbonyl (C=O) groups is 1. The van der Waals surface area contributed by atoms with Gasteiger partial charge in [-0.3, -0.25) is 4.79 Å². The Balaban J connectivity index is 1.53. The lowest BCUT2D eigenvalue weighted by molar-refractivity contribution is -0.117. The van der Waals surface area contributed by atoms with Crippen molar-refractivity contribution in [3.63, 3.8) is 0 Å². The lowest BCUT2D eigenvalue weighted by atomic mass is 9.80. The van der Waals surface area contributed by atoms with Gasteiger partial charge in [-0.15, -0.1) is 0 Å². The molecule has 1 saturated heterocycles. The number of anilines is 2. The highest BCUT2D eigenvalue weighted by molar-refractivity contribution is 5.94. The summed E-state index contributed by atoms with van der Waals surface area (Å²) < 4.78 is 11.8. The van der Waals surface area contributed by atoms with Crippen molar-refractivity contribution in [2.75, 3.05) is 23.4 Å². The molecule has 170 valence electrons. The van der Waals surface area contributed by atoms with Crippen molar-refractivity contribution in [3.05, 3.63) is 47.7 Å². The fourth-order valence-electron chi connectivity index (χ4n) is 5.39. The highest BCUT2D eigenvalue weighted by atomic mass is 16.5. The van der Waals surface area contributed by atoms with Crippen LogP contribution in [0.1, 0.15) is 56.8 Å². The highest BCUT2D eigenvalue weighted by Crippen LogP contribution is 2.50. The average Bonchev–Trinajstić information content (AvgIpc) is 3.61. The first-order valence-electron chi connectivity index (χ1n) is 11.9. The van der Waals surface area contributed by atoms with E-state index in [1.54, 1.807) is 6.92 Å².